The first-order valence-corrected chi connectivity index (χ1v) is 19.2. The zero-order valence-electron chi connectivity index (χ0n) is 27.7. The molecular weight excluding hydrogens is 618 g/mol. The van der Waals surface area contributed by atoms with Crippen molar-refractivity contribution in [2.24, 2.45) is 5.41 Å². The predicted molar refractivity (Wildman–Crippen MR) is 179 cm³/mol. The van der Waals surface area contributed by atoms with Crippen molar-refractivity contribution in [3.05, 3.63) is 65.6 Å². The van der Waals surface area contributed by atoms with Gasteiger partial charge in [-0.05, 0) is 77.5 Å². The Bertz CT molecular complexity index is 1700. The van der Waals surface area contributed by atoms with Crippen molar-refractivity contribution in [3.8, 4) is 17.2 Å². The summed E-state index contributed by atoms with van der Waals surface area (Å²) >= 11 is 0. The van der Waals surface area contributed by atoms with Crippen LogP contribution in [0.25, 0.3) is 0 Å². The lowest BCUT2D eigenvalue weighted by Gasteiger charge is -2.59. The van der Waals surface area contributed by atoms with Crippen molar-refractivity contribution < 1.29 is 23.2 Å². The summed E-state index contributed by atoms with van der Waals surface area (Å²) in [6, 6.07) is 5.86. The topological polar surface area (TPSA) is 101 Å². The van der Waals surface area contributed by atoms with E-state index in [2.05, 4.69) is 31.8 Å². The zero-order valence-corrected chi connectivity index (χ0v) is 28.6. The summed E-state index contributed by atoms with van der Waals surface area (Å²) in [6.07, 6.45) is 10.6. The molecule has 1 aromatic carbocycles. The Morgan fingerprint density at radius 3 is 2.62 bits per heavy atom. The largest absolute Gasteiger partial charge is 0.490 e. The van der Waals surface area contributed by atoms with E-state index >= 15 is 0 Å². The van der Waals surface area contributed by atoms with Gasteiger partial charge in [0.2, 0.25) is 0 Å². The number of benzene rings is 1. The van der Waals surface area contributed by atoms with Crippen LogP contribution in [-0.2, 0) is 17.5 Å². The Balaban J connectivity index is 1.03. The summed E-state index contributed by atoms with van der Waals surface area (Å²) in [5, 5.41) is 0. The summed E-state index contributed by atoms with van der Waals surface area (Å²) < 4.78 is 40.1. The molecule has 250 valence electrons. The van der Waals surface area contributed by atoms with E-state index in [4.69, 9.17) is 9.47 Å². The Morgan fingerprint density at radius 1 is 1.11 bits per heavy atom. The summed E-state index contributed by atoms with van der Waals surface area (Å²) in [6.45, 7) is 9.27. The number of ether oxygens (including phenoxy) is 2. The highest BCUT2D eigenvalue weighted by Crippen LogP contribution is 2.52. The average Bonchev–Trinajstić information content (AvgIpc) is 3.00. The van der Waals surface area contributed by atoms with Crippen molar-refractivity contribution >= 4 is 18.9 Å². The fourth-order valence-corrected chi connectivity index (χ4v) is 9.75. The summed E-state index contributed by atoms with van der Waals surface area (Å²) in [5.41, 5.74) is 2.67. The van der Waals surface area contributed by atoms with Gasteiger partial charge in [-0.15, -0.1) is 0 Å². The zero-order chi connectivity index (χ0) is 32.9. The molecule has 1 aliphatic carbocycles. The molecule has 0 bridgehead atoms. The van der Waals surface area contributed by atoms with E-state index in [0.29, 0.717) is 36.7 Å². The molecule has 1 spiro atoms. The minimum atomic E-state index is -2.16. The van der Waals surface area contributed by atoms with Gasteiger partial charge >= 0.3 is 0 Å². The third kappa shape index (κ3) is 6.49. The van der Waals surface area contributed by atoms with E-state index in [-0.39, 0.29) is 40.8 Å². The molecule has 3 aliphatic heterocycles. The van der Waals surface area contributed by atoms with Crippen molar-refractivity contribution in [1.82, 2.24) is 24.8 Å². The van der Waals surface area contributed by atoms with Crippen LogP contribution in [0.2, 0.25) is 0 Å². The molecule has 1 saturated carbocycles. The number of pyridine rings is 1. The number of nitrogens with zero attached hydrogens (tertiary/aromatic N) is 6. The standard InChI is InChI=1S/C35H44FN6O4P/c1-23(2)42(25-9-13-47(4,44)14-10-25)34(43)27-15-24(36)5-6-30(27)46-32-18-37-22-39-33(32)41-20-35(21-41)16-26(17-35)45-31-7-11-38-29-8-12-40(3)19-28(29)31/h5-7,11,15,18,22-23,25-26H,8-10,12-14,16-17,19-21H2,1-4H3. The third-order valence-corrected chi connectivity index (χ3v) is 12.7. The second-order valence-corrected chi connectivity index (χ2v) is 17.9. The first kappa shape index (κ1) is 32.0. The fraction of sp³-hybridized carbons (Fsp3) is 0.543. The third-order valence-electron chi connectivity index (χ3n) is 10.3. The number of hydrogen-bond acceptors (Lipinski definition) is 9. The first-order chi connectivity index (χ1) is 22.5. The van der Waals surface area contributed by atoms with Crippen LogP contribution >= 0.6 is 7.14 Å². The molecule has 0 N–H and O–H groups in total. The van der Waals surface area contributed by atoms with Crippen molar-refractivity contribution in [2.75, 3.05) is 50.6 Å². The molecule has 7 rings (SSSR count). The van der Waals surface area contributed by atoms with Gasteiger partial charge in [-0.3, -0.25) is 9.78 Å². The first-order valence-electron chi connectivity index (χ1n) is 16.7. The number of hydrogen-bond donors (Lipinski definition) is 0. The molecular formula is C35H44FN6O4P. The number of aromatic nitrogens is 3. The minimum absolute atomic E-state index is 0.0610. The van der Waals surface area contributed by atoms with Crippen molar-refractivity contribution in [3.63, 3.8) is 0 Å². The maximum absolute atomic E-state index is 14.6. The Kier molecular flexibility index (Phi) is 8.49. The molecule has 10 nitrogen and oxygen atoms in total. The van der Waals surface area contributed by atoms with Crippen LogP contribution in [0, 0.1) is 11.2 Å². The Morgan fingerprint density at radius 2 is 1.87 bits per heavy atom. The van der Waals surface area contributed by atoms with Crippen LogP contribution in [-0.4, -0.2) is 94.5 Å². The average molecular weight is 663 g/mol. The van der Waals surface area contributed by atoms with Crippen LogP contribution in [0.5, 0.6) is 17.2 Å². The van der Waals surface area contributed by atoms with Crippen LogP contribution < -0.4 is 14.4 Å². The maximum Gasteiger partial charge on any atom is 0.258 e. The molecule has 0 unspecified atom stereocenters. The maximum atomic E-state index is 14.6. The molecule has 0 radical (unpaired) electrons. The fourth-order valence-electron chi connectivity index (χ4n) is 7.83. The van der Waals surface area contributed by atoms with Crippen molar-refractivity contribution in [2.45, 2.75) is 70.7 Å². The number of anilines is 1. The molecule has 47 heavy (non-hydrogen) atoms. The van der Waals surface area contributed by atoms with Gasteiger partial charge in [0.25, 0.3) is 5.91 Å². The van der Waals surface area contributed by atoms with Crippen molar-refractivity contribution in [1.29, 1.82) is 0 Å². The summed E-state index contributed by atoms with van der Waals surface area (Å²) in [5.74, 6) is 1.48. The number of amides is 1. The van der Waals surface area contributed by atoms with Gasteiger partial charge in [0.05, 0.1) is 18.9 Å². The highest BCUT2D eigenvalue weighted by molar-refractivity contribution is 7.63. The molecule has 3 aromatic rings. The van der Waals surface area contributed by atoms with E-state index in [1.54, 1.807) is 11.1 Å². The highest BCUT2D eigenvalue weighted by atomic mass is 31.2. The molecule has 1 amide bonds. The number of halogens is 1. The molecule has 0 atom stereocenters. The number of fused-ring (bicyclic) bond motifs is 1. The molecule has 2 aromatic heterocycles. The van der Waals surface area contributed by atoms with Crippen LogP contribution in [0.4, 0.5) is 10.2 Å². The smallest absolute Gasteiger partial charge is 0.258 e. The van der Waals surface area contributed by atoms with Gasteiger partial charge in [0, 0.05) is 79.9 Å². The summed E-state index contributed by atoms with van der Waals surface area (Å²) in [7, 11) is -0.0282. The van der Waals surface area contributed by atoms with E-state index in [0.717, 1.165) is 56.9 Å². The molecule has 12 heteroatoms. The second-order valence-electron chi connectivity index (χ2n) is 14.5. The normalized spacial score (nSPS) is 24.0. The van der Waals surface area contributed by atoms with Gasteiger partial charge in [-0.25, -0.2) is 14.4 Å². The lowest BCUT2D eigenvalue weighted by Crippen LogP contribution is -2.65. The number of rotatable bonds is 8. The van der Waals surface area contributed by atoms with Gasteiger partial charge < -0.3 is 28.7 Å². The molecule has 3 fully saturated rings. The number of likely N-dealkylation sites (N-methyl/N-ethyl adjacent to an activating group) is 1. The SMILES string of the molecule is CC(C)N(C(=O)c1cc(F)ccc1Oc1cncnc1N1CC2(CC(Oc3ccnc4c3CN(C)CC4)C2)C1)C1CCP(C)(=O)CC1. The predicted octanol–water partition coefficient (Wildman–Crippen LogP) is 5.84. The van der Waals surface area contributed by atoms with E-state index < -0.39 is 13.0 Å². The van der Waals surface area contributed by atoms with Crippen LogP contribution in [0.3, 0.4) is 0 Å². The van der Waals surface area contributed by atoms with Gasteiger partial charge in [-0.2, -0.15) is 0 Å². The number of carbonyl (C=O) groups is 1. The monoisotopic (exact) mass is 662 g/mol. The molecule has 5 heterocycles. The molecule has 4 aliphatic rings. The second kappa shape index (κ2) is 12.5. The van der Waals surface area contributed by atoms with Gasteiger partial charge in [0.1, 0.15) is 29.7 Å². The van der Waals surface area contributed by atoms with E-state index in [1.165, 1.54) is 30.1 Å². The van der Waals surface area contributed by atoms with E-state index in [1.807, 2.05) is 32.8 Å². The lowest BCUT2D eigenvalue weighted by atomic mass is 9.61. The number of carbonyl (C=O) groups excluding carboxylic acids is 1. The van der Waals surface area contributed by atoms with Crippen LogP contribution in [0.1, 0.15) is 61.1 Å². The molecule has 2 saturated heterocycles. The quantitative estimate of drug-likeness (QED) is 0.275. The Hall–Kier alpha value is -3.56. The highest BCUT2D eigenvalue weighted by Gasteiger charge is 2.54. The van der Waals surface area contributed by atoms with Gasteiger partial charge in [-0.1, -0.05) is 0 Å². The van der Waals surface area contributed by atoms with E-state index in [9.17, 15) is 13.8 Å². The summed E-state index contributed by atoms with van der Waals surface area (Å²) in [4.78, 5) is 33.7. The van der Waals surface area contributed by atoms with Crippen LogP contribution in [0.15, 0.2) is 43.0 Å². The minimum Gasteiger partial charge on any atom is -0.490 e. The Labute approximate surface area is 276 Å². The lowest BCUT2D eigenvalue weighted by molar-refractivity contribution is -0.0352. The van der Waals surface area contributed by atoms with Gasteiger partial charge in [0.15, 0.2) is 11.6 Å².